The van der Waals surface area contributed by atoms with Gasteiger partial charge in [0.1, 0.15) is 10.8 Å². The van der Waals surface area contributed by atoms with Gasteiger partial charge in [-0.2, -0.15) is 0 Å². The second-order valence-electron chi connectivity index (χ2n) is 4.38. The maximum atomic E-state index is 12.8. The zero-order valence-corrected chi connectivity index (χ0v) is 12.0. The summed E-state index contributed by atoms with van der Waals surface area (Å²) < 4.78 is 12.8. The molecule has 0 unspecified atom stereocenters. The molecule has 0 saturated carbocycles. The molecule has 1 aromatic carbocycles. The molecule has 5 nitrogen and oxygen atoms in total. The highest BCUT2D eigenvalue weighted by Gasteiger charge is 2.16. The third-order valence-electron chi connectivity index (χ3n) is 2.80. The zero-order valence-electron chi connectivity index (χ0n) is 11.2. The molecular weight excluding hydrogens is 295 g/mol. The normalized spacial score (nSPS) is 10.2. The van der Waals surface area contributed by atoms with Gasteiger partial charge in [-0.05, 0) is 29.1 Å². The lowest BCUT2D eigenvalue weighted by atomic mass is 10.2. The summed E-state index contributed by atoms with van der Waals surface area (Å²) >= 11 is 1.14. The van der Waals surface area contributed by atoms with Crippen molar-refractivity contribution in [3.05, 3.63) is 52.7 Å². The molecule has 7 heteroatoms. The number of hydrogen-bond acceptors (Lipinski definition) is 3. The highest BCUT2D eigenvalue weighted by molar-refractivity contribution is 7.14. The number of nitrogens with one attached hydrogen (secondary N) is 1. The Morgan fingerprint density at radius 1 is 1.29 bits per heavy atom. The molecule has 0 aliphatic heterocycles. The van der Waals surface area contributed by atoms with Crippen LogP contribution >= 0.6 is 11.3 Å². The Bertz CT molecular complexity index is 654. The quantitative estimate of drug-likeness (QED) is 0.911. The van der Waals surface area contributed by atoms with Gasteiger partial charge in [0.05, 0.1) is 5.56 Å². The Morgan fingerprint density at radius 3 is 2.57 bits per heavy atom. The van der Waals surface area contributed by atoms with Gasteiger partial charge in [-0.15, -0.1) is 11.3 Å². The van der Waals surface area contributed by atoms with Crippen LogP contribution in [0.2, 0.25) is 0 Å². The number of rotatable bonds is 4. The Morgan fingerprint density at radius 2 is 1.95 bits per heavy atom. The molecule has 0 saturated heterocycles. The number of thiophene rings is 1. The minimum absolute atomic E-state index is 0.0588. The maximum absolute atomic E-state index is 12.8. The third-order valence-corrected chi connectivity index (χ3v) is 3.63. The van der Waals surface area contributed by atoms with Crippen molar-refractivity contribution in [3.63, 3.8) is 0 Å². The monoisotopic (exact) mass is 308 g/mol. The van der Waals surface area contributed by atoms with E-state index in [2.05, 4.69) is 5.32 Å². The predicted molar refractivity (Wildman–Crippen MR) is 78.2 cm³/mol. The van der Waals surface area contributed by atoms with Crippen LogP contribution in [0.4, 0.5) is 14.2 Å². The van der Waals surface area contributed by atoms with E-state index in [9.17, 15) is 14.0 Å². The Labute approximate surface area is 124 Å². The standard InChI is InChI=1S/C14H13FN2O3S/c1-17(8-9-2-4-10(15)5-3-9)14(20)16-12-11(13(18)19)6-7-21-12/h2-7H,8H2,1H3,(H,16,20)(H,18,19). The van der Waals surface area contributed by atoms with E-state index in [1.54, 1.807) is 24.6 Å². The fraction of sp³-hybridized carbons (Fsp3) is 0.143. The maximum Gasteiger partial charge on any atom is 0.338 e. The van der Waals surface area contributed by atoms with Crippen LogP contribution < -0.4 is 5.32 Å². The van der Waals surface area contributed by atoms with Crippen molar-refractivity contribution in [2.75, 3.05) is 12.4 Å². The molecule has 110 valence electrons. The number of carbonyl (C=O) groups is 2. The Kier molecular flexibility index (Phi) is 4.54. The number of nitrogens with zero attached hydrogens (tertiary/aromatic N) is 1. The lowest BCUT2D eigenvalue weighted by Gasteiger charge is -2.17. The van der Waals surface area contributed by atoms with Gasteiger partial charge < -0.3 is 10.0 Å². The molecule has 2 rings (SSSR count). The number of halogens is 1. The molecule has 2 N–H and O–H groups in total. The highest BCUT2D eigenvalue weighted by Crippen LogP contribution is 2.23. The van der Waals surface area contributed by atoms with Crippen LogP contribution in [-0.2, 0) is 6.54 Å². The van der Waals surface area contributed by atoms with Crippen LogP contribution in [0.1, 0.15) is 15.9 Å². The summed E-state index contributed by atoms with van der Waals surface area (Å²) in [5.74, 6) is -1.43. The largest absolute Gasteiger partial charge is 0.478 e. The summed E-state index contributed by atoms with van der Waals surface area (Å²) in [5, 5.41) is 13.4. The van der Waals surface area contributed by atoms with Gasteiger partial charge in [-0.1, -0.05) is 12.1 Å². The van der Waals surface area contributed by atoms with Gasteiger partial charge in [0, 0.05) is 13.6 Å². The number of carbonyl (C=O) groups excluding carboxylic acids is 1. The average Bonchev–Trinajstić information content (AvgIpc) is 2.89. The van der Waals surface area contributed by atoms with E-state index in [1.807, 2.05) is 0 Å². The molecule has 2 amide bonds. The minimum Gasteiger partial charge on any atom is -0.478 e. The number of carboxylic acid groups (broad SMARTS) is 1. The topological polar surface area (TPSA) is 69.6 Å². The van der Waals surface area contributed by atoms with Crippen molar-refractivity contribution in [3.8, 4) is 0 Å². The van der Waals surface area contributed by atoms with Crippen LogP contribution in [0.25, 0.3) is 0 Å². The first-order valence-corrected chi connectivity index (χ1v) is 6.92. The van der Waals surface area contributed by atoms with Crippen molar-refractivity contribution in [2.45, 2.75) is 6.54 Å². The van der Waals surface area contributed by atoms with Gasteiger partial charge in [-0.3, -0.25) is 5.32 Å². The molecule has 0 bridgehead atoms. The van der Waals surface area contributed by atoms with Crippen molar-refractivity contribution < 1.29 is 19.1 Å². The van der Waals surface area contributed by atoms with E-state index in [-0.39, 0.29) is 11.4 Å². The smallest absolute Gasteiger partial charge is 0.338 e. The van der Waals surface area contributed by atoms with E-state index in [0.29, 0.717) is 11.5 Å². The van der Waals surface area contributed by atoms with Gasteiger partial charge in [0.25, 0.3) is 0 Å². The van der Waals surface area contributed by atoms with E-state index < -0.39 is 12.0 Å². The number of hydrogen-bond donors (Lipinski definition) is 2. The van der Waals surface area contributed by atoms with Crippen LogP contribution in [0.15, 0.2) is 35.7 Å². The van der Waals surface area contributed by atoms with Crippen molar-refractivity contribution >= 4 is 28.3 Å². The van der Waals surface area contributed by atoms with Crippen LogP contribution in [-0.4, -0.2) is 29.1 Å². The van der Waals surface area contributed by atoms with E-state index in [4.69, 9.17) is 5.11 Å². The molecule has 1 aromatic heterocycles. The number of urea groups is 1. The number of aromatic carboxylic acids is 1. The second kappa shape index (κ2) is 6.36. The average molecular weight is 308 g/mol. The number of carboxylic acids is 1. The third kappa shape index (κ3) is 3.79. The minimum atomic E-state index is -1.09. The summed E-state index contributed by atoms with van der Waals surface area (Å²) in [6.07, 6.45) is 0. The van der Waals surface area contributed by atoms with Gasteiger partial charge in [0.2, 0.25) is 0 Å². The predicted octanol–water partition coefficient (Wildman–Crippen LogP) is 3.25. The van der Waals surface area contributed by atoms with E-state index in [1.165, 1.54) is 23.1 Å². The van der Waals surface area contributed by atoms with E-state index in [0.717, 1.165) is 16.9 Å². The SMILES string of the molecule is CN(Cc1ccc(F)cc1)C(=O)Nc1sccc1C(=O)O. The van der Waals surface area contributed by atoms with Crippen molar-refractivity contribution in [2.24, 2.45) is 0 Å². The summed E-state index contributed by atoms with van der Waals surface area (Å²) in [5.41, 5.74) is 0.835. The summed E-state index contributed by atoms with van der Waals surface area (Å²) in [6.45, 7) is 0.292. The Hall–Kier alpha value is -2.41. The van der Waals surface area contributed by atoms with Gasteiger partial charge in [-0.25, -0.2) is 14.0 Å². The molecule has 0 aliphatic carbocycles. The number of benzene rings is 1. The van der Waals surface area contributed by atoms with Gasteiger partial charge >= 0.3 is 12.0 Å². The second-order valence-corrected chi connectivity index (χ2v) is 5.30. The first kappa shape index (κ1) is 15.0. The zero-order chi connectivity index (χ0) is 15.4. The van der Waals surface area contributed by atoms with Crippen LogP contribution in [0.5, 0.6) is 0 Å². The van der Waals surface area contributed by atoms with Crippen LogP contribution in [0, 0.1) is 5.82 Å². The van der Waals surface area contributed by atoms with Crippen molar-refractivity contribution in [1.82, 2.24) is 4.90 Å². The number of anilines is 1. The summed E-state index contributed by atoms with van der Waals surface area (Å²) in [7, 11) is 1.58. The lowest BCUT2D eigenvalue weighted by molar-refractivity contribution is 0.0698. The first-order valence-electron chi connectivity index (χ1n) is 6.04. The highest BCUT2D eigenvalue weighted by atomic mass is 32.1. The summed E-state index contributed by atoms with van der Waals surface area (Å²) in [4.78, 5) is 24.4. The number of amides is 2. The van der Waals surface area contributed by atoms with Crippen molar-refractivity contribution in [1.29, 1.82) is 0 Å². The fourth-order valence-corrected chi connectivity index (χ4v) is 2.47. The molecule has 2 aromatic rings. The molecule has 0 aliphatic rings. The molecular formula is C14H13FN2O3S. The fourth-order valence-electron chi connectivity index (χ4n) is 1.70. The van der Waals surface area contributed by atoms with Crippen LogP contribution in [0.3, 0.4) is 0 Å². The summed E-state index contributed by atoms with van der Waals surface area (Å²) in [6, 6.07) is 6.83. The Balaban J connectivity index is 2.01. The first-order chi connectivity index (χ1) is 9.97. The molecule has 0 spiro atoms. The molecule has 1 heterocycles. The molecule has 0 radical (unpaired) electrons. The van der Waals surface area contributed by atoms with E-state index >= 15 is 0 Å². The van der Waals surface area contributed by atoms with Gasteiger partial charge in [0.15, 0.2) is 0 Å². The lowest BCUT2D eigenvalue weighted by Crippen LogP contribution is -2.31. The molecule has 0 atom stereocenters. The molecule has 21 heavy (non-hydrogen) atoms. The molecule has 0 fully saturated rings.